The van der Waals surface area contributed by atoms with Gasteiger partial charge < -0.3 is 10.6 Å². The van der Waals surface area contributed by atoms with E-state index in [1.807, 2.05) is 20.8 Å². The molecule has 0 unspecified atom stereocenters. The highest BCUT2D eigenvalue weighted by molar-refractivity contribution is 6.35. The number of carbonyl (C=O) groups excluding carboxylic acids is 2. The Labute approximate surface area is 141 Å². The van der Waals surface area contributed by atoms with E-state index in [9.17, 15) is 9.59 Å². The number of nitrogens with zero attached hydrogens (tertiary/aromatic N) is 1. The average molecular weight is 346 g/mol. The van der Waals surface area contributed by atoms with Crippen LogP contribution in [0.4, 0.5) is 5.69 Å². The molecule has 0 spiro atoms. The first-order chi connectivity index (χ1) is 10.1. The molecule has 0 aliphatic heterocycles. The lowest BCUT2D eigenvalue weighted by atomic mass is 10.1. The lowest BCUT2D eigenvalue weighted by Crippen LogP contribution is -2.46. The molecule has 0 saturated heterocycles. The van der Waals surface area contributed by atoms with Crippen LogP contribution in [0.3, 0.4) is 0 Å². The molecule has 0 aliphatic carbocycles. The third-order valence-corrected chi connectivity index (χ3v) is 3.11. The third-order valence-electron chi connectivity index (χ3n) is 2.54. The van der Waals surface area contributed by atoms with E-state index < -0.39 is 0 Å². The molecule has 0 saturated carbocycles. The van der Waals surface area contributed by atoms with E-state index in [0.717, 1.165) is 0 Å². The molecule has 2 N–H and O–H groups in total. The fraction of sp³-hybridized carbons (Fsp3) is 0.467. The molecule has 22 heavy (non-hydrogen) atoms. The molecule has 0 aliphatic rings. The van der Waals surface area contributed by atoms with E-state index in [4.69, 9.17) is 23.2 Å². The summed E-state index contributed by atoms with van der Waals surface area (Å²) in [5.41, 5.74) is 0.154. The van der Waals surface area contributed by atoms with Crippen molar-refractivity contribution < 1.29 is 9.59 Å². The quantitative estimate of drug-likeness (QED) is 0.862. The monoisotopic (exact) mass is 345 g/mol. The van der Waals surface area contributed by atoms with Gasteiger partial charge in [-0.1, -0.05) is 23.2 Å². The number of hydrogen-bond donors (Lipinski definition) is 2. The molecule has 0 atom stereocenters. The normalized spacial score (nSPS) is 11.4. The molecule has 5 nitrogen and oxygen atoms in total. The van der Waals surface area contributed by atoms with Crippen LogP contribution in [0.5, 0.6) is 0 Å². The fourth-order valence-electron chi connectivity index (χ4n) is 1.79. The molecule has 1 rings (SSSR count). The lowest BCUT2D eigenvalue weighted by molar-refractivity contribution is -0.124. The van der Waals surface area contributed by atoms with Gasteiger partial charge in [-0.25, -0.2) is 0 Å². The van der Waals surface area contributed by atoms with E-state index >= 15 is 0 Å². The molecule has 1 aromatic rings. The summed E-state index contributed by atoms with van der Waals surface area (Å²) < 4.78 is 0. The largest absolute Gasteiger partial charge is 0.350 e. The Kier molecular flexibility index (Phi) is 6.66. The molecular formula is C15H21Cl2N3O2. The fourth-order valence-corrected chi connectivity index (χ4v) is 2.12. The van der Waals surface area contributed by atoms with Crippen LogP contribution in [0.2, 0.25) is 10.0 Å². The minimum absolute atomic E-state index is 0.0698. The Morgan fingerprint density at radius 1 is 1.14 bits per heavy atom. The number of rotatable bonds is 5. The molecule has 0 fully saturated rings. The van der Waals surface area contributed by atoms with Gasteiger partial charge in [0.25, 0.3) is 0 Å². The third kappa shape index (κ3) is 7.11. The van der Waals surface area contributed by atoms with Gasteiger partial charge in [0.2, 0.25) is 11.8 Å². The van der Waals surface area contributed by atoms with Crippen LogP contribution < -0.4 is 10.6 Å². The number of likely N-dealkylation sites (N-methyl/N-ethyl adjacent to an activating group) is 1. The van der Waals surface area contributed by atoms with Crippen molar-refractivity contribution in [1.82, 2.24) is 10.2 Å². The summed E-state index contributed by atoms with van der Waals surface area (Å²) in [5, 5.41) is 6.41. The van der Waals surface area contributed by atoms with Gasteiger partial charge in [0, 0.05) is 10.6 Å². The zero-order valence-electron chi connectivity index (χ0n) is 13.2. The van der Waals surface area contributed by atoms with E-state index in [1.165, 1.54) is 0 Å². The van der Waals surface area contributed by atoms with Crippen LogP contribution >= 0.6 is 23.2 Å². The number of nitrogens with one attached hydrogen (secondary N) is 2. The minimum atomic E-state index is -0.297. The van der Waals surface area contributed by atoms with Gasteiger partial charge in [-0.15, -0.1) is 0 Å². The van der Waals surface area contributed by atoms with E-state index in [0.29, 0.717) is 15.7 Å². The molecule has 0 aromatic heterocycles. The maximum atomic E-state index is 12.0. The molecule has 1 aromatic carbocycles. The predicted octanol–water partition coefficient (Wildman–Crippen LogP) is 2.78. The smallest absolute Gasteiger partial charge is 0.238 e. The highest BCUT2D eigenvalue weighted by Gasteiger charge is 2.16. The van der Waals surface area contributed by atoms with Crippen LogP contribution in [0.1, 0.15) is 20.8 Å². The molecule has 7 heteroatoms. The van der Waals surface area contributed by atoms with Crippen LogP contribution in [0, 0.1) is 0 Å². The number of carbonyl (C=O) groups is 2. The number of hydrogen-bond acceptors (Lipinski definition) is 3. The van der Waals surface area contributed by atoms with Gasteiger partial charge in [0.15, 0.2) is 0 Å². The number of benzene rings is 1. The number of anilines is 1. The molecule has 2 amide bonds. The van der Waals surface area contributed by atoms with E-state index in [1.54, 1.807) is 30.1 Å². The second-order valence-electron chi connectivity index (χ2n) is 6.14. The highest BCUT2D eigenvalue weighted by Crippen LogP contribution is 2.25. The number of halogens is 2. The molecule has 122 valence electrons. The van der Waals surface area contributed by atoms with Crippen LogP contribution in [-0.2, 0) is 9.59 Å². The first-order valence-electron chi connectivity index (χ1n) is 6.81. The topological polar surface area (TPSA) is 61.4 Å². The summed E-state index contributed by atoms with van der Waals surface area (Å²) in [5.74, 6) is -0.404. The summed E-state index contributed by atoms with van der Waals surface area (Å²) in [6.45, 7) is 5.91. The highest BCUT2D eigenvalue weighted by atomic mass is 35.5. The summed E-state index contributed by atoms with van der Waals surface area (Å²) in [4.78, 5) is 25.4. The van der Waals surface area contributed by atoms with Crippen molar-refractivity contribution in [3.8, 4) is 0 Å². The summed E-state index contributed by atoms with van der Waals surface area (Å²) in [6.07, 6.45) is 0. The summed E-state index contributed by atoms with van der Waals surface area (Å²) in [6, 6.07) is 4.83. The maximum absolute atomic E-state index is 12.0. The standard InChI is InChI=1S/C15H21Cl2N3O2/c1-15(2,3)19-14(22)9-20(4)8-13(21)18-12-7-10(16)5-6-11(12)17/h5-7H,8-9H2,1-4H3,(H,18,21)(H,19,22). The van der Waals surface area contributed by atoms with Gasteiger partial charge in [-0.3, -0.25) is 14.5 Å². The summed E-state index contributed by atoms with van der Waals surface area (Å²) >= 11 is 11.8. The van der Waals surface area contributed by atoms with Crippen molar-refractivity contribution in [3.05, 3.63) is 28.2 Å². The number of amides is 2. The van der Waals surface area contributed by atoms with Crippen molar-refractivity contribution in [1.29, 1.82) is 0 Å². The Balaban J connectivity index is 2.51. The van der Waals surface area contributed by atoms with Crippen molar-refractivity contribution >= 4 is 40.7 Å². The SMILES string of the molecule is CN(CC(=O)Nc1cc(Cl)ccc1Cl)CC(=O)NC(C)(C)C. The van der Waals surface area contributed by atoms with E-state index in [2.05, 4.69) is 10.6 Å². The zero-order chi connectivity index (χ0) is 16.9. The van der Waals surface area contributed by atoms with Gasteiger partial charge in [0.05, 0.1) is 23.8 Å². The van der Waals surface area contributed by atoms with Crippen LogP contribution in [0.15, 0.2) is 18.2 Å². The second-order valence-corrected chi connectivity index (χ2v) is 6.99. The Morgan fingerprint density at radius 3 is 2.32 bits per heavy atom. The first kappa shape index (κ1) is 18.7. The van der Waals surface area contributed by atoms with Gasteiger partial charge in [-0.05, 0) is 46.0 Å². The molecule has 0 heterocycles. The van der Waals surface area contributed by atoms with E-state index in [-0.39, 0.29) is 30.4 Å². The molecular weight excluding hydrogens is 325 g/mol. The maximum Gasteiger partial charge on any atom is 0.238 e. The van der Waals surface area contributed by atoms with Crippen molar-refractivity contribution in [3.63, 3.8) is 0 Å². The first-order valence-corrected chi connectivity index (χ1v) is 7.57. The predicted molar refractivity (Wildman–Crippen MR) is 90.5 cm³/mol. The Hall–Kier alpha value is -1.30. The average Bonchev–Trinajstić information content (AvgIpc) is 2.30. The van der Waals surface area contributed by atoms with Crippen molar-refractivity contribution in [2.24, 2.45) is 0 Å². The summed E-state index contributed by atoms with van der Waals surface area (Å²) in [7, 11) is 1.70. The lowest BCUT2D eigenvalue weighted by Gasteiger charge is -2.23. The Bertz CT molecular complexity index is 556. The van der Waals surface area contributed by atoms with Crippen molar-refractivity contribution in [2.75, 3.05) is 25.5 Å². The molecule has 0 bridgehead atoms. The second kappa shape index (κ2) is 7.81. The molecule has 0 radical (unpaired) electrons. The van der Waals surface area contributed by atoms with Gasteiger partial charge >= 0.3 is 0 Å². The van der Waals surface area contributed by atoms with Gasteiger partial charge in [0.1, 0.15) is 0 Å². The van der Waals surface area contributed by atoms with Crippen LogP contribution in [0.25, 0.3) is 0 Å². The minimum Gasteiger partial charge on any atom is -0.350 e. The van der Waals surface area contributed by atoms with Crippen molar-refractivity contribution in [2.45, 2.75) is 26.3 Å². The van der Waals surface area contributed by atoms with Gasteiger partial charge in [-0.2, -0.15) is 0 Å². The zero-order valence-corrected chi connectivity index (χ0v) is 14.7. The Morgan fingerprint density at radius 2 is 1.73 bits per heavy atom. The van der Waals surface area contributed by atoms with Crippen LogP contribution in [-0.4, -0.2) is 42.4 Å².